The Balaban J connectivity index is 2.01. The zero-order valence-electron chi connectivity index (χ0n) is 10.7. The van der Waals surface area contributed by atoms with Crippen molar-refractivity contribution in [3.05, 3.63) is 71.8 Å². The molecule has 1 aliphatic rings. The summed E-state index contributed by atoms with van der Waals surface area (Å²) in [5, 5.41) is 10.5. The average Bonchev–Trinajstić information content (AvgIpc) is 2.48. The van der Waals surface area contributed by atoms with E-state index in [0.29, 0.717) is 5.17 Å². The van der Waals surface area contributed by atoms with Crippen LogP contribution in [0, 0.1) is 0 Å². The molecule has 100 valence electrons. The van der Waals surface area contributed by atoms with Gasteiger partial charge in [-0.2, -0.15) is 0 Å². The highest BCUT2D eigenvalue weighted by molar-refractivity contribution is 8.14. The molecule has 0 bridgehead atoms. The van der Waals surface area contributed by atoms with Gasteiger partial charge in [0.25, 0.3) is 0 Å². The van der Waals surface area contributed by atoms with Crippen LogP contribution in [0.15, 0.2) is 65.7 Å². The molecule has 3 nitrogen and oxygen atoms in total. The van der Waals surface area contributed by atoms with E-state index in [2.05, 4.69) is 4.99 Å². The maximum atomic E-state index is 9.98. The second kappa shape index (κ2) is 5.43. The van der Waals surface area contributed by atoms with Crippen molar-refractivity contribution in [1.82, 2.24) is 0 Å². The van der Waals surface area contributed by atoms with Gasteiger partial charge >= 0.3 is 0 Å². The van der Waals surface area contributed by atoms with Gasteiger partial charge in [0, 0.05) is 5.56 Å². The number of nitrogens with two attached hydrogens (primary N) is 1. The van der Waals surface area contributed by atoms with E-state index >= 15 is 0 Å². The summed E-state index contributed by atoms with van der Waals surface area (Å²) in [7, 11) is 0. The molecule has 3 N–H and O–H groups in total. The quantitative estimate of drug-likeness (QED) is 0.885. The number of aromatic hydroxyl groups is 1. The van der Waals surface area contributed by atoms with E-state index < -0.39 is 0 Å². The maximum Gasteiger partial charge on any atom is 0.160 e. The molecule has 1 aliphatic heterocycles. The van der Waals surface area contributed by atoms with Gasteiger partial charge in [-0.3, -0.25) is 0 Å². The van der Waals surface area contributed by atoms with E-state index in [4.69, 9.17) is 5.73 Å². The Hall–Kier alpha value is -2.20. The molecule has 1 heterocycles. The number of rotatable bonds is 2. The van der Waals surface area contributed by atoms with Gasteiger partial charge in [-0.05, 0) is 17.7 Å². The van der Waals surface area contributed by atoms with Crippen LogP contribution in [0.3, 0.4) is 0 Å². The van der Waals surface area contributed by atoms with E-state index in [9.17, 15) is 5.11 Å². The van der Waals surface area contributed by atoms with Crippen molar-refractivity contribution in [2.75, 3.05) is 0 Å². The normalized spacial score (nSPS) is 18.3. The molecule has 0 aliphatic carbocycles. The Morgan fingerprint density at radius 1 is 1.00 bits per heavy atom. The van der Waals surface area contributed by atoms with E-state index in [0.717, 1.165) is 16.8 Å². The molecule has 0 aromatic heterocycles. The van der Waals surface area contributed by atoms with Crippen LogP contribution in [0.5, 0.6) is 5.75 Å². The molecule has 0 fully saturated rings. The molecule has 0 saturated heterocycles. The predicted molar refractivity (Wildman–Crippen MR) is 84.5 cm³/mol. The Morgan fingerprint density at radius 3 is 2.45 bits per heavy atom. The average molecular weight is 282 g/mol. The van der Waals surface area contributed by atoms with E-state index in [1.165, 1.54) is 11.8 Å². The maximum absolute atomic E-state index is 9.98. The number of para-hydroxylation sites is 1. The summed E-state index contributed by atoms with van der Waals surface area (Å²) in [6.07, 6.45) is 2.03. The fourth-order valence-corrected chi connectivity index (χ4v) is 3.08. The summed E-state index contributed by atoms with van der Waals surface area (Å²) in [4.78, 5) is 4.39. The fourth-order valence-electron chi connectivity index (χ4n) is 2.14. The highest BCUT2D eigenvalue weighted by Crippen LogP contribution is 2.40. The third-order valence-electron chi connectivity index (χ3n) is 3.10. The molecule has 20 heavy (non-hydrogen) atoms. The van der Waals surface area contributed by atoms with Crippen LogP contribution in [0.25, 0.3) is 5.70 Å². The summed E-state index contributed by atoms with van der Waals surface area (Å²) in [5.41, 5.74) is 8.65. The summed E-state index contributed by atoms with van der Waals surface area (Å²) in [5.74, 6) is 0.281. The van der Waals surface area contributed by atoms with Gasteiger partial charge in [0.2, 0.25) is 0 Å². The zero-order valence-corrected chi connectivity index (χ0v) is 11.5. The van der Waals surface area contributed by atoms with Crippen LogP contribution >= 0.6 is 11.8 Å². The predicted octanol–water partition coefficient (Wildman–Crippen LogP) is 3.54. The topological polar surface area (TPSA) is 58.6 Å². The minimum Gasteiger partial charge on any atom is -0.508 e. The summed E-state index contributed by atoms with van der Waals surface area (Å²) in [6.45, 7) is 0. The van der Waals surface area contributed by atoms with Crippen molar-refractivity contribution in [2.24, 2.45) is 10.7 Å². The minimum absolute atomic E-state index is 0.0242. The largest absolute Gasteiger partial charge is 0.508 e. The molecule has 0 spiro atoms. The van der Waals surface area contributed by atoms with Crippen LogP contribution in [0.2, 0.25) is 0 Å². The Bertz CT molecular complexity index is 680. The van der Waals surface area contributed by atoms with Gasteiger partial charge in [0.05, 0.1) is 10.9 Å². The second-order valence-electron chi connectivity index (χ2n) is 4.47. The molecule has 3 rings (SSSR count). The number of aliphatic imine (C=N–C) groups is 1. The van der Waals surface area contributed by atoms with Crippen LogP contribution in [-0.2, 0) is 0 Å². The Kier molecular flexibility index (Phi) is 3.48. The molecule has 0 amide bonds. The summed E-state index contributed by atoms with van der Waals surface area (Å²) >= 11 is 1.44. The smallest absolute Gasteiger partial charge is 0.160 e. The molecule has 0 radical (unpaired) electrons. The molecule has 2 aromatic rings. The van der Waals surface area contributed by atoms with Crippen molar-refractivity contribution < 1.29 is 5.11 Å². The van der Waals surface area contributed by atoms with Crippen molar-refractivity contribution in [2.45, 2.75) is 5.25 Å². The van der Waals surface area contributed by atoms with Gasteiger partial charge in [-0.1, -0.05) is 60.3 Å². The lowest BCUT2D eigenvalue weighted by atomic mass is 10.1. The van der Waals surface area contributed by atoms with Crippen LogP contribution in [0.1, 0.15) is 16.4 Å². The minimum atomic E-state index is -0.0242. The first-order valence-electron chi connectivity index (χ1n) is 6.30. The van der Waals surface area contributed by atoms with Crippen LogP contribution < -0.4 is 5.73 Å². The van der Waals surface area contributed by atoms with E-state index in [1.54, 1.807) is 6.07 Å². The monoisotopic (exact) mass is 282 g/mol. The van der Waals surface area contributed by atoms with Crippen molar-refractivity contribution in [3.63, 3.8) is 0 Å². The lowest BCUT2D eigenvalue weighted by Crippen LogP contribution is -2.13. The highest BCUT2D eigenvalue weighted by Gasteiger charge is 2.20. The summed E-state index contributed by atoms with van der Waals surface area (Å²) in [6, 6.07) is 17.2. The third kappa shape index (κ3) is 2.56. The first kappa shape index (κ1) is 12.8. The van der Waals surface area contributed by atoms with Crippen molar-refractivity contribution >= 4 is 22.6 Å². The molecular formula is C16H14N2OS. The Morgan fingerprint density at radius 2 is 1.70 bits per heavy atom. The number of phenolic OH excluding ortho intramolecular Hbond substituents is 1. The van der Waals surface area contributed by atoms with E-state index in [-0.39, 0.29) is 11.0 Å². The van der Waals surface area contributed by atoms with Gasteiger partial charge in [-0.15, -0.1) is 0 Å². The van der Waals surface area contributed by atoms with Crippen molar-refractivity contribution in [3.8, 4) is 5.75 Å². The zero-order chi connectivity index (χ0) is 13.9. The SMILES string of the molecule is NC1=NC(c2ccccc2)=CC(c2ccccc2O)S1. The lowest BCUT2D eigenvalue weighted by Gasteiger charge is -2.19. The molecule has 2 aromatic carbocycles. The fraction of sp³-hybridized carbons (Fsp3) is 0.0625. The van der Waals surface area contributed by atoms with Crippen molar-refractivity contribution in [1.29, 1.82) is 0 Å². The third-order valence-corrected chi connectivity index (χ3v) is 4.08. The van der Waals surface area contributed by atoms with Gasteiger partial charge in [0.15, 0.2) is 5.17 Å². The molecule has 0 saturated carbocycles. The number of phenols is 1. The first-order valence-corrected chi connectivity index (χ1v) is 7.18. The number of amidine groups is 1. The summed E-state index contributed by atoms with van der Waals surface area (Å²) < 4.78 is 0. The van der Waals surface area contributed by atoms with Gasteiger partial charge < -0.3 is 10.8 Å². The Labute approximate surface area is 121 Å². The van der Waals surface area contributed by atoms with Crippen LogP contribution in [-0.4, -0.2) is 10.3 Å². The van der Waals surface area contributed by atoms with Gasteiger partial charge in [-0.25, -0.2) is 4.99 Å². The molecule has 1 atom stereocenters. The first-order chi connectivity index (χ1) is 9.74. The highest BCUT2D eigenvalue weighted by atomic mass is 32.2. The lowest BCUT2D eigenvalue weighted by molar-refractivity contribution is 0.469. The standard InChI is InChI=1S/C16H14N2OS/c17-16-18-13(11-6-2-1-3-7-11)10-15(20-16)12-8-4-5-9-14(12)19/h1-10,15,19H,(H2,17,18). The number of hydrogen-bond donors (Lipinski definition) is 2. The number of benzene rings is 2. The molecular weight excluding hydrogens is 268 g/mol. The van der Waals surface area contributed by atoms with Crippen LogP contribution in [0.4, 0.5) is 0 Å². The number of hydrogen-bond acceptors (Lipinski definition) is 4. The number of thioether (sulfide) groups is 1. The number of nitrogens with zero attached hydrogens (tertiary/aromatic N) is 1. The molecule has 1 unspecified atom stereocenters. The second-order valence-corrected chi connectivity index (χ2v) is 5.63. The molecule has 4 heteroatoms. The van der Waals surface area contributed by atoms with Gasteiger partial charge in [0.1, 0.15) is 5.75 Å². The van der Waals surface area contributed by atoms with E-state index in [1.807, 2.05) is 54.6 Å².